The van der Waals surface area contributed by atoms with E-state index in [1.165, 1.54) is 0 Å². The van der Waals surface area contributed by atoms with Crippen LogP contribution in [0.2, 0.25) is 0 Å². The number of aryl methyl sites for hydroxylation is 2. The summed E-state index contributed by atoms with van der Waals surface area (Å²) < 4.78 is 1.79. The highest BCUT2D eigenvalue weighted by molar-refractivity contribution is 5.99. The summed E-state index contributed by atoms with van der Waals surface area (Å²) in [5.41, 5.74) is 5.81. The highest BCUT2D eigenvalue weighted by atomic mass is 15.3. The van der Waals surface area contributed by atoms with Crippen molar-refractivity contribution in [1.29, 1.82) is 0 Å². The van der Waals surface area contributed by atoms with Gasteiger partial charge in [0, 0.05) is 25.9 Å². The summed E-state index contributed by atoms with van der Waals surface area (Å²) >= 11 is 0. The molecule has 1 rings (SSSR count). The molecule has 0 amide bonds. The quantitative estimate of drug-likeness (QED) is 0.518. The lowest BCUT2D eigenvalue weighted by molar-refractivity contribution is 0.756. The van der Waals surface area contributed by atoms with Crippen LogP contribution in [0, 0.1) is 6.92 Å². The highest BCUT2D eigenvalue weighted by Gasteiger charge is 2.04. The van der Waals surface area contributed by atoms with Crippen molar-refractivity contribution in [3.05, 3.63) is 17.5 Å². The average molecular weight is 166 g/mol. The molecule has 0 spiro atoms. The van der Waals surface area contributed by atoms with E-state index in [9.17, 15) is 0 Å². The second kappa shape index (κ2) is 3.38. The van der Waals surface area contributed by atoms with Gasteiger partial charge in [0.05, 0.1) is 11.4 Å². The van der Waals surface area contributed by atoms with E-state index in [1.54, 1.807) is 11.7 Å². The normalized spacial score (nSPS) is 11.8. The van der Waals surface area contributed by atoms with Gasteiger partial charge in [-0.3, -0.25) is 4.68 Å². The molecule has 0 radical (unpaired) electrons. The Balaban J connectivity index is 3.02. The minimum Gasteiger partial charge on any atom is -0.313 e. The van der Waals surface area contributed by atoms with Crippen LogP contribution in [0.5, 0.6) is 0 Å². The molecule has 1 heterocycles. The van der Waals surface area contributed by atoms with Gasteiger partial charge >= 0.3 is 0 Å². The van der Waals surface area contributed by atoms with E-state index in [4.69, 9.17) is 0 Å². The molecule has 0 aliphatic carbocycles. The SMILES string of the molecule is CN/N=C(\C)c1cn(C)nc1C. The van der Waals surface area contributed by atoms with E-state index in [0.29, 0.717) is 0 Å². The molecular formula is C8H14N4. The first kappa shape index (κ1) is 8.77. The molecule has 1 aromatic heterocycles. The minimum absolute atomic E-state index is 0.961. The Hall–Kier alpha value is -1.32. The third-order valence-corrected chi connectivity index (χ3v) is 1.68. The van der Waals surface area contributed by atoms with Gasteiger partial charge in [0.1, 0.15) is 0 Å². The lowest BCUT2D eigenvalue weighted by Gasteiger charge is -1.95. The fourth-order valence-corrected chi connectivity index (χ4v) is 1.18. The van der Waals surface area contributed by atoms with Crippen LogP contribution in [-0.2, 0) is 7.05 Å². The largest absolute Gasteiger partial charge is 0.313 e. The van der Waals surface area contributed by atoms with E-state index in [2.05, 4.69) is 15.6 Å². The van der Waals surface area contributed by atoms with E-state index in [1.807, 2.05) is 27.1 Å². The molecule has 1 aromatic rings. The first-order valence-corrected chi connectivity index (χ1v) is 3.86. The fourth-order valence-electron chi connectivity index (χ4n) is 1.18. The summed E-state index contributed by atoms with van der Waals surface area (Å²) in [7, 11) is 3.69. The Labute approximate surface area is 72.3 Å². The summed E-state index contributed by atoms with van der Waals surface area (Å²) in [6, 6.07) is 0. The molecule has 0 saturated carbocycles. The van der Waals surface area contributed by atoms with Crippen LogP contribution in [0.4, 0.5) is 0 Å². The number of nitrogens with one attached hydrogen (secondary N) is 1. The molecular weight excluding hydrogens is 152 g/mol. The van der Waals surface area contributed by atoms with Gasteiger partial charge < -0.3 is 5.43 Å². The van der Waals surface area contributed by atoms with Crippen LogP contribution in [0.25, 0.3) is 0 Å². The molecule has 0 fully saturated rings. The molecule has 66 valence electrons. The lowest BCUT2D eigenvalue weighted by Crippen LogP contribution is -2.03. The third-order valence-electron chi connectivity index (χ3n) is 1.68. The Morgan fingerprint density at radius 1 is 1.67 bits per heavy atom. The number of hydrogen-bond donors (Lipinski definition) is 1. The van der Waals surface area contributed by atoms with Crippen LogP contribution in [-0.4, -0.2) is 22.5 Å². The van der Waals surface area contributed by atoms with Gasteiger partial charge in [0.2, 0.25) is 0 Å². The van der Waals surface area contributed by atoms with Crippen molar-refractivity contribution < 1.29 is 0 Å². The zero-order valence-corrected chi connectivity index (χ0v) is 7.92. The molecule has 0 saturated heterocycles. The number of hydrazone groups is 1. The van der Waals surface area contributed by atoms with Gasteiger partial charge in [-0.05, 0) is 13.8 Å². The van der Waals surface area contributed by atoms with Crippen LogP contribution in [0.15, 0.2) is 11.3 Å². The third kappa shape index (κ3) is 1.64. The number of hydrogen-bond acceptors (Lipinski definition) is 3. The highest BCUT2D eigenvalue weighted by Crippen LogP contribution is 2.05. The second-order valence-corrected chi connectivity index (χ2v) is 2.72. The second-order valence-electron chi connectivity index (χ2n) is 2.72. The smallest absolute Gasteiger partial charge is 0.0684 e. The zero-order chi connectivity index (χ0) is 9.14. The Morgan fingerprint density at radius 2 is 2.33 bits per heavy atom. The molecule has 12 heavy (non-hydrogen) atoms. The number of nitrogens with zero attached hydrogens (tertiary/aromatic N) is 3. The maximum Gasteiger partial charge on any atom is 0.0684 e. The zero-order valence-electron chi connectivity index (χ0n) is 7.92. The lowest BCUT2D eigenvalue weighted by atomic mass is 10.2. The van der Waals surface area contributed by atoms with Crippen molar-refractivity contribution in [3.63, 3.8) is 0 Å². The van der Waals surface area contributed by atoms with Crippen molar-refractivity contribution in [3.8, 4) is 0 Å². The van der Waals surface area contributed by atoms with Crippen LogP contribution in [0.3, 0.4) is 0 Å². The molecule has 1 N–H and O–H groups in total. The van der Waals surface area contributed by atoms with Crippen molar-refractivity contribution in [2.45, 2.75) is 13.8 Å². The van der Waals surface area contributed by atoms with Gasteiger partial charge in [-0.25, -0.2) is 0 Å². The molecule has 0 aliphatic heterocycles. The Morgan fingerprint density at radius 3 is 2.75 bits per heavy atom. The van der Waals surface area contributed by atoms with Crippen LogP contribution in [0.1, 0.15) is 18.2 Å². The predicted octanol–water partition coefficient (Wildman–Crippen LogP) is 0.672. The first-order chi connectivity index (χ1) is 5.65. The van der Waals surface area contributed by atoms with Crippen molar-refractivity contribution in [1.82, 2.24) is 15.2 Å². The summed E-state index contributed by atoms with van der Waals surface area (Å²) in [5, 5.41) is 8.30. The molecule has 0 bridgehead atoms. The van der Waals surface area contributed by atoms with E-state index >= 15 is 0 Å². The van der Waals surface area contributed by atoms with E-state index in [-0.39, 0.29) is 0 Å². The van der Waals surface area contributed by atoms with E-state index < -0.39 is 0 Å². The van der Waals surface area contributed by atoms with Gasteiger partial charge in [0.25, 0.3) is 0 Å². The van der Waals surface area contributed by atoms with Crippen molar-refractivity contribution in [2.75, 3.05) is 7.05 Å². The Bertz CT molecular complexity index is 298. The molecule has 4 nitrogen and oxygen atoms in total. The van der Waals surface area contributed by atoms with Gasteiger partial charge in [-0.2, -0.15) is 10.2 Å². The first-order valence-electron chi connectivity index (χ1n) is 3.86. The fraction of sp³-hybridized carbons (Fsp3) is 0.500. The molecule has 4 heteroatoms. The average Bonchev–Trinajstić information content (AvgIpc) is 2.30. The topological polar surface area (TPSA) is 42.2 Å². The number of aromatic nitrogens is 2. The van der Waals surface area contributed by atoms with Crippen LogP contribution >= 0.6 is 0 Å². The monoisotopic (exact) mass is 166 g/mol. The summed E-state index contributed by atoms with van der Waals surface area (Å²) in [6.07, 6.45) is 1.96. The molecule has 0 unspecified atom stereocenters. The summed E-state index contributed by atoms with van der Waals surface area (Å²) in [4.78, 5) is 0. The van der Waals surface area contributed by atoms with Crippen molar-refractivity contribution in [2.24, 2.45) is 12.1 Å². The van der Waals surface area contributed by atoms with Crippen LogP contribution < -0.4 is 5.43 Å². The Kier molecular flexibility index (Phi) is 2.47. The van der Waals surface area contributed by atoms with Crippen molar-refractivity contribution >= 4 is 5.71 Å². The summed E-state index contributed by atoms with van der Waals surface area (Å²) in [5.74, 6) is 0. The minimum atomic E-state index is 0.961. The maximum atomic E-state index is 4.22. The molecule has 0 atom stereocenters. The molecule has 0 aliphatic rings. The standard InChI is InChI=1S/C8H14N4/c1-6(10-9-3)8-5-12(4)11-7(8)2/h5,9H,1-4H3/b10-6+. The number of rotatable bonds is 2. The van der Waals surface area contributed by atoms with Gasteiger partial charge in [0.15, 0.2) is 0 Å². The summed E-state index contributed by atoms with van der Waals surface area (Å²) in [6.45, 7) is 3.94. The maximum absolute atomic E-state index is 4.22. The van der Waals surface area contributed by atoms with Gasteiger partial charge in [-0.1, -0.05) is 0 Å². The van der Waals surface area contributed by atoms with E-state index in [0.717, 1.165) is 17.0 Å². The predicted molar refractivity (Wildman–Crippen MR) is 49.2 cm³/mol. The molecule has 0 aromatic carbocycles. The van der Waals surface area contributed by atoms with Gasteiger partial charge in [-0.15, -0.1) is 0 Å².